The fourth-order valence-electron chi connectivity index (χ4n) is 8.73. The van der Waals surface area contributed by atoms with E-state index in [9.17, 15) is 9.59 Å². The van der Waals surface area contributed by atoms with E-state index in [0.717, 1.165) is 67.4 Å². The minimum absolute atomic E-state index is 0.0196. The van der Waals surface area contributed by atoms with Crippen molar-refractivity contribution in [2.45, 2.75) is 128 Å². The number of hydrogen-bond acceptors (Lipinski definition) is 5. The SMILES string of the molecule is CCCCCc1cc(CC(=O)OCC(C(=O)OC2CC3CCC(C3)C2)c2ccccc2)c2c(c1)OC(C)(C)C1CCC(C)=CC21. The van der Waals surface area contributed by atoms with Gasteiger partial charge in [-0.2, -0.15) is 0 Å². The van der Waals surface area contributed by atoms with Gasteiger partial charge in [-0.3, -0.25) is 9.59 Å². The maximum Gasteiger partial charge on any atom is 0.317 e. The highest BCUT2D eigenvalue weighted by Crippen LogP contribution is 2.52. The lowest BCUT2D eigenvalue weighted by atomic mass is 9.67. The van der Waals surface area contributed by atoms with Gasteiger partial charge in [0.25, 0.3) is 0 Å². The van der Waals surface area contributed by atoms with E-state index in [1.54, 1.807) is 0 Å². The third kappa shape index (κ3) is 7.34. The van der Waals surface area contributed by atoms with E-state index in [1.165, 1.54) is 36.8 Å². The summed E-state index contributed by atoms with van der Waals surface area (Å²) >= 11 is 0. The van der Waals surface area contributed by atoms with Gasteiger partial charge in [0.05, 0.1) is 6.42 Å². The minimum atomic E-state index is -0.638. The highest BCUT2D eigenvalue weighted by molar-refractivity contribution is 5.80. The molecule has 242 valence electrons. The smallest absolute Gasteiger partial charge is 0.317 e. The Balaban J connectivity index is 1.21. The standard InChI is InChI=1S/C40H52O5/c1-5-6-8-11-27-20-31(38-33-18-26(2)14-17-35(33)40(3,4)45-36(38)23-27)24-37(41)43-25-34(30-12-9-7-10-13-30)39(42)44-32-21-28-15-16-29(19-28)22-32/h7,9-10,12-13,18,20,23,28-29,32-35H,5-6,8,11,14-17,19,21-22,24-25H2,1-4H3. The molecule has 3 aliphatic carbocycles. The predicted molar refractivity (Wildman–Crippen MR) is 177 cm³/mol. The molecule has 5 nitrogen and oxygen atoms in total. The van der Waals surface area contributed by atoms with Gasteiger partial charge >= 0.3 is 11.9 Å². The quantitative estimate of drug-likeness (QED) is 0.144. The van der Waals surface area contributed by atoms with Crippen LogP contribution in [0, 0.1) is 17.8 Å². The van der Waals surface area contributed by atoms with Crippen LogP contribution in [0.1, 0.15) is 126 Å². The molecule has 2 aromatic rings. The minimum Gasteiger partial charge on any atom is -0.487 e. The average Bonchev–Trinajstić information content (AvgIpc) is 3.34. The molecule has 5 atom stereocenters. The summed E-state index contributed by atoms with van der Waals surface area (Å²) in [4.78, 5) is 27.2. The van der Waals surface area contributed by atoms with Crippen molar-refractivity contribution in [1.29, 1.82) is 0 Å². The molecular formula is C40H52O5. The van der Waals surface area contributed by atoms with Crippen LogP contribution >= 0.6 is 0 Å². The van der Waals surface area contributed by atoms with E-state index in [-0.39, 0.29) is 42.6 Å². The van der Waals surface area contributed by atoms with Crippen LogP contribution in [0.3, 0.4) is 0 Å². The number of hydrogen-bond donors (Lipinski definition) is 0. The zero-order chi connectivity index (χ0) is 31.6. The number of allylic oxidation sites excluding steroid dienone is 2. The summed E-state index contributed by atoms with van der Waals surface area (Å²) in [7, 11) is 0. The molecule has 2 bridgehead atoms. The van der Waals surface area contributed by atoms with Crippen LogP contribution in [0.4, 0.5) is 0 Å². The molecule has 0 radical (unpaired) electrons. The Bertz CT molecular complexity index is 1380. The van der Waals surface area contributed by atoms with E-state index in [2.05, 4.69) is 45.9 Å². The Morgan fingerprint density at radius 1 is 1.00 bits per heavy atom. The number of carbonyl (C=O) groups is 2. The fraction of sp³-hybridized carbons (Fsp3) is 0.600. The van der Waals surface area contributed by atoms with Crippen molar-refractivity contribution in [3.05, 3.63) is 76.4 Å². The maximum absolute atomic E-state index is 13.6. The summed E-state index contributed by atoms with van der Waals surface area (Å²) < 4.78 is 18.8. The Morgan fingerprint density at radius 3 is 2.49 bits per heavy atom. The molecule has 2 aromatic carbocycles. The summed E-state index contributed by atoms with van der Waals surface area (Å²) in [6, 6.07) is 14.1. The molecule has 1 heterocycles. The van der Waals surface area contributed by atoms with Crippen molar-refractivity contribution in [3.8, 4) is 5.75 Å². The molecule has 0 saturated heterocycles. The number of aryl methyl sites for hydroxylation is 1. The van der Waals surface area contributed by atoms with E-state index < -0.39 is 5.92 Å². The second-order valence-corrected chi connectivity index (χ2v) is 14.9. The third-order valence-electron chi connectivity index (χ3n) is 11.1. The van der Waals surface area contributed by atoms with Gasteiger partial charge in [0.1, 0.15) is 30.0 Å². The monoisotopic (exact) mass is 612 g/mol. The van der Waals surface area contributed by atoms with Crippen LogP contribution in [0.2, 0.25) is 0 Å². The number of unbranched alkanes of at least 4 members (excludes halogenated alkanes) is 2. The topological polar surface area (TPSA) is 61.8 Å². The lowest BCUT2D eigenvalue weighted by Crippen LogP contribution is -2.45. The Labute approximate surface area is 270 Å². The largest absolute Gasteiger partial charge is 0.487 e. The van der Waals surface area contributed by atoms with Gasteiger partial charge in [0.2, 0.25) is 0 Å². The first kappa shape index (κ1) is 31.9. The lowest BCUT2D eigenvalue weighted by Gasteiger charge is -2.47. The van der Waals surface area contributed by atoms with Gasteiger partial charge in [0.15, 0.2) is 0 Å². The van der Waals surface area contributed by atoms with Gasteiger partial charge in [-0.25, -0.2) is 0 Å². The molecule has 5 heteroatoms. The van der Waals surface area contributed by atoms with Crippen LogP contribution in [0.25, 0.3) is 0 Å². The van der Waals surface area contributed by atoms with Gasteiger partial charge in [-0.05, 0) is 100 Å². The zero-order valence-corrected chi connectivity index (χ0v) is 27.8. The fourth-order valence-corrected chi connectivity index (χ4v) is 8.73. The molecule has 1 aliphatic heterocycles. The number of rotatable bonds is 11. The highest BCUT2D eigenvalue weighted by Gasteiger charge is 2.45. The van der Waals surface area contributed by atoms with Gasteiger partial charge < -0.3 is 14.2 Å². The number of ether oxygens (including phenoxy) is 3. The van der Waals surface area contributed by atoms with Gasteiger partial charge in [-0.1, -0.05) is 80.7 Å². The zero-order valence-electron chi connectivity index (χ0n) is 27.8. The van der Waals surface area contributed by atoms with Crippen LogP contribution in [-0.2, 0) is 31.9 Å². The molecule has 0 aromatic heterocycles. The second-order valence-electron chi connectivity index (χ2n) is 14.9. The highest BCUT2D eigenvalue weighted by atomic mass is 16.6. The first-order chi connectivity index (χ1) is 21.7. The van der Waals surface area contributed by atoms with Crippen molar-refractivity contribution in [1.82, 2.24) is 0 Å². The normalized spacial score (nSPS) is 26.9. The number of carbonyl (C=O) groups excluding carboxylic acids is 2. The van der Waals surface area contributed by atoms with Crippen molar-refractivity contribution >= 4 is 11.9 Å². The van der Waals surface area contributed by atoms with Crippen LogP contribution < -0.4 is 4.74 Å². The Kier molecular flexibility index (Phi) is 9.73. The van der Waals surface area contributed by atoms with Crippen molar-refractivity contribution in [3.63, 3.8) is 0 Å². The summed E-state index contributed by atoms with van der Waals surface area (Å²) in [6.07, 6.45) is 14.8. The predicted octanol–water partition coefficient (Wildman–Crippen LogP) is 9.02. The summed E-state index contributed by atoms with van der Waals surface area (Å²) in [5.41, 5.74) is 5.29. The van der Waals surface area contributed by atoms with E-state index >= 15 is 0 Å². The van der Waals surface area contributed by atoms with Gasteiger partial charge in [0, 0.05) is 17.4 Å². The maximum atomic E-state index is 13.6. The molecule has 2 fully saturated rings. The lowest BCUT2D eigenvalue weighted by molar-refractivity contribution is -0.157. The summed E-state index contributed by atoms with van der Waals surface area (Å²) in [6.45, 7) is 8.83. The van der Waals surface area contributed by atoms with E-state index in [0.29, 0.717) is 17.8 Å². The summed E-state index contributed by atoms with van der Waals surface area (Å²) in [5, 5.41) is 0. The number of esters is 2. The summed E-state index contributed by atoms with van der Waals surface area (Å²) in [5.74, 6) is 1.59. The molecular weight excluding hydrogens is 560 g/mol. The molecule has 6 rings (SSSR count). The average molecular weight is 613 g/mol. The van der Waals surface area contributed by atoms with Crippen LogP contribution in [0.5, 0.6) is 5.75 Å². The van der Waals surface area contributed by atoms with Crippen molar-refractivity contribution in [2.24, 2.45) is 17.8 Å². The van der Waals surface area contributed by atoms with E-state index in [1.807, 2.05) is 30.3 Å². The molecule has 0 N–H and O–H groups in total. The van der Waals surface area contributed by atoms with Crippen LogP contribution in [0.15, 0.2) is 54.1 Å². The van der Waals surface area contributed by atoms with Crippen LogP contribution in [-0.4, -0.2) is 30.3 Å². The molecule has 2 saturated carbocycles. The van der Waals surface area contributed by atoms with E-state index in [4.69, 9.17) is 14.2 Å². The second kappa shape index (κ2) is 13.7. The Hall–Kier alpha value is -3.08. The Morgan fingerprint density at radius 2 is 1.76 bits per heavy atom. The molecule has 45 heavy (non-hydrogen) atoms. The molecule has 5 unspecified atom stereocenters. The molecule has 0 amide bonds. The first-order valence-corrected chi connectivity index (χ1v) is 17.6. The molecule has 0 spiro atoms. The molecule has 4 aliphatic rings. The number of fused-ring (bicyclic) bond motifs is 5. The van der Waals surface area contributed by atoms with Crippen molar-refractivity contribution in [2.75, 3.05) is 6.61 Å². The van der Waals surface area contributed by atoms with Gasteiger partial charge in [-0.15, -0.1) is 0 Å². The first-order valence-electron chi connectivity index (χ1n) is 17.6. The third-order valence-corrected chi connectivity index (χ3v) is 11.1. The van der Waals surface area contributed by atoms with Crippen molar-refractivity contribution < 1.29 is 23.8 Å². The number of benzene rings is 2.